The van der Waals surface area contributed by atoms with Crippen molar-refractivity contribution in [1.82, 2.24) is 0 Å². The second-order valence-corrected chi connectivity index (χ2v) is 13.0. The highest BCUT2D eigenvalue weighted by Gasteiger charge is 2.48. The number of anilines is 3. The molecular formula is C30H22BrNSi. The molecule has 0 unspecified atom stereocenters. The first kappa shape index (κ1) is 20.2. The van der Waals surface area contributed by atoms with E-state index >= 15 is 0 Å². The Morgan fingerprint density at radius 1 is 0.485 bits per heavy atom. The lowest BCUT2D eigenvalue weighted by atomic mass is 10.2. The molecule has 6 rings (SSSR count). The van der Waals surface area contributed by atoms with E-state index in [1.165, 1.54) is 37.8 Å². The molecule has 0 aromatic heterocycles. The zero-order valence-corrected chi connectivity index (χ0v) is 20.6. The van der Waals surface area contributed by atoms with Gasteiger partial charge in [-0.3, -0.25) is 0 Å². The van der Waals surface area contributed by atoms with E-state index in [4.69, 9.17) is 0 Å². The third kappa shape index (κ3) is 3.11. The van der Waals surface area contributed by atoms with Gasteiger partial charge in [-0.05, 0) is 57.1 Å². The van der Waals surface area contributed by atoms with Gasteiger partial charge in [0.15, 0.2) is 8.07 Å². The van der Waals surface area contributed by atoms with Gasteiger partial charge in [-0.1, -0.05) is 113 Å². The van der Waals surface area contributed by atoms with E-state index in [-0.39, 0.29) is 0 Å². The van der Waals surface area contributed by atoms with E-state index in [1.807, 2.05) is 0 Å². The predicted octanol–water partition coefficient (Wildman–Crippen LogP) is 5.61. The number of benzene rings is 5. The minimum Gasteiger partial charge on any atom is -0.311 e. The number of halogens is 1. The van der Waals surface area contributed by atoms with Gasteiger partial charge in [0, 0.05) is 21.5 Å². The first-order valence-electron chi connectivity index (χ1n) is 11.2. The van der Waals surface area contributed by atoms with Gasteiger partial charge in [0.2, 0.25) is 0 Å². The van der Waals surface area contributed by atoms with Crippen LogP contribution in [-0.4, -0.2) is 8.07 Å². The van der Waals surface area contributed by atoms with Crippen LogP contribution in [0.3, 0.4) is 0 Å². The van der Waals surface area contributed by atoms with Crippen molar-refractivity contribution in [3.05, 3.63) is 138 Å². The van der Waals surface area contributed by atoms with Crippen LogP contribution in [0.25, 0.3) is 0 Å². The summed E-state index contributed by atoms with van der Waals surface area (Å²) in [6.07, 6.45) is 0. The average molecular weight is 505 g/mol. The van der Waals surface area contributed by atoms with Crippen LogP contribution in [0, 0.1) is 0 Å². The molecule has 0 N–H and O–H groups in total. The second kappa shape index (κ2) is 8.18. The van der Waals surface area contributed by atoms with Crippen LogP contribution in [0.4, 0.5) is 17.1 Å². The Bertz CT molecular complexity index is 1380. The predicted molar refractivity (Wildman–Crippen MR) is 146 cm³/mol. The Kier molecular flexibility index (Phi) is 5.01. The van der Waals surface area contributed by atoms with Gasteiger partial charge >= 0.3 is 0 Å². The lowest BCUT2D eigenvalue weighted by Crippen LogP contribution is -2.77. The fourth-order valence-corrected chi connectivity index (χ4v) is 11.0. The molecule has 5 aromatic carbocycles. The molecule has 158 valence electrons. The number of hydrogen-bond acceptors (Lipinski definition) is 1. The molecule has 1 heterocycles. The van der Waals surface area contributed by atoms with Crippen molar-refractivity contribution < 1.29 is 0 Å². The molecule has 0 aliphatic carbocycles. The maximum atomic E-state index is 3.81. The van der Waals surface area contributed by atoms with Gasteiger partial charge in [0.1, 0.15) is 0 Å². The maximum Gasteiger partial charge on any atom is 0.184 e. The number of fused-ring (bicyclic) bond motifs is 2. The summed E-state index contributed by atoms with van der Waals surface area (Å²) >= 11 is 3.81. The largest absolute Gasteiger partial charge is 0.311 e. The van der Waals surface area contributed by atoms with Crippen LogP contribution >= 0.6 is 15.9 Å². The molecule has 0 spiro atoms. The maximum absolute atomic E-state index is 3.81. The first-order valence-corrected chi connectivity index (χ1v) is 14.0. The molecule has 1 aliphatic heterocycles. The SMILES string of the molecule is Brc1ccc2c(c1)[Si](c1ccccc1)(c1ccccc1)c1ccccc1N2c1ccccc1. The standard InChI is InChI=1S/C30H22BrNSi/c31-23-20-21-28-30(22-23)33(25-14-6-2-7-15-25,26-16-8-3-9-17-26)29-19-11-10-18-27(29)32(28)24-12-4-1-5-13-24/h1-22H. The lowest BCUT2D eigenvalue weighted by Gasteiger charge is -2.45. The number of rotatable bonds is 3. The van der Waals surface area contributed by atoms with Gasteiger partial charge in [0.25, 0.3) is 0 Å². The molecule has 5 aromatic rings. The molecule has 0 saturated heterocycles. The molecule has 0 saturated carbocycles. The summed E-state index contributed by atoms with van der Waals surface area (Å²) in [7, 11) is -2.55. The van der Waals surface area contributed by atoms with Crippen LogP contribution in [0.15, 0.2) is 138 Å². The molecule has 0 amide bonds. The highest BCUT2D eigenvalue weighted by atomic mass is 79.9. The molecule has 0 atom stereocenters. The first-order chi connectivity index (χ1) is 16.3. The van der Waals surface area contributed by atoms with E-state index in [0.717, 1.165) is 4.47 Å². The minimum atomic E-state index is -2.55. The average Bonchev–Trinajstić information content (AvgIpc) is 2.89. The van der Waals surface area contributed by atoms with E-state index in [2.05, 4.69) is 154 Å². The molecule has 0 bridgehead atoms. The monoisotopic (exact) mass is 503 g/mol. The third-order valence-corrected chi connectivity index (χ3v) is 11.9. The summed E-state index contributed by atoms with van der Waals surface area (Å²) in [5.74, 6) is 0. The zero-order chi connectivity index (χ0) is 22.3. The van der Waals surface area contributed by atoms with Crippen molar-refractivity contribution in [3.8, 4) is 0 Å². The Hall–Kier alpha value is -3.40. The molecule has 33 heavy (non-hydrogen) atoms. The van der Waals surface area contributed by atoms with Gasteiger partial charge in [0.05, 0.1) is 0 Å². The lowest BCUT2D eigenvalue weighted by molar-refractivity contribution is 1.29. The normalized spacial score (nSPS) is 13.8. The Balaban J connectivity index is 1.80. The second-order valence-electron chi connectivity index (χ2n) is 8.33. The van der Waals surface area contributed by atoms with E-state index in [9.17, 15) is 0 Å². The highest BCUT2D eigenvalue weighted by Crippen LogP contribution is 2.38. The zero-order valence-electron chi connectivity index (χ0n) is 18.0. The summed E-state index contributed by atoms with van der Waals surface area (Å²) < 4.78 is 1.11. The Morgan fingerprint density at radius 2 is 1.00 bits per heavy atom. The van der Waals surface area contributed by atoms with Crippen molar-refractivity contribution in [1.29, 1.82) is 0 Å². The Morgan fingerprint density at radius 3 is 1.64 bits per heavy atom. The summed E-state index contributed by atoms with van der Waals surface area (Å²) in [5, 5.41) is 5.61. The van der Waals surface area contributed by atoms with Crippen molar-refractivity contribution >= 4 is 61.8 Å². The van der Waals surface area contributed by atoms with E-state index in [0.29, 0.717) is 0 Å². The molecule has 1 aliphatic rings. The van der Waals surface area contributed by atoms with Crippen LogP contribution < -0.4 is 25.6 Å². The Labute approximate surface area is 204 Å². The van der Waals surface area contributed by atoms with Gasteiger partial charge in [-0.2, -0.15) is 0 Å². The van der Waals surface area contributed by atoms with E-state index < -0.39 is 8.07 Å². The smallest absolute Gasteiger partial charge is 0.184 e. The fraction of sp³-hybridized carbons (Fsp3) is 0. The van der Waals surface area contributed by atoms with Crippen molar-refractivity contribution in [3.63, 3.8) is 0 Å². The van der Waals surface area contributed by atoms with Crippen LogP contribution in [0.5, 0.6) is 0 Å². The third-order valence-electron chi connectivity index (χ3n) is 6.58. The molecule has 0 radical (unpaired) electrons. The minimum absolute atomic E-state index is 1.11. The molecule has 1 nitrogen and oxygen atoms in total. The summed E-state index contributed by atoms with van der Waals surface area (Å²) in [6.45, 7) is 0. The molecular weight excluding hydrogens is 482 g/mol. The number of para-hydroxylation sites is 2. The van der Waals surface area contributed by atoms with Crippen molar-refractivity contribution in [2.24, 2.45) is 0 Å². The summed E-state index contributed by atoms with van der Waals surface area (Å²) in [5.41, 5.74) is 3.69. The van der Waals surface area contributed by atoms with Gasteiger partial charge in [-0.25, -0.2) is 0 Å². The van der Waals surface area contributed by atoms with Crippen LogP contribution in [0.1, 0.15) is 0 Å². The van der Waals surface area contributed by atoms with Crippen molar-refractivity contribution in [2.75, 3.05) is 4.90 Å². The van der Waals surface area contributed by atoms with Crippen LogP contribution in [-0.2, 0) is 0 Å². The number of hydrogen-bond donors (Lipinski definition) is 0. The van der Waals surface area contributed by atoms with Crippen molar-refractivity contribution in [2.45, 2.75) is 0 Å². The molecule has 3 heteroatoms. The topological polar surface area (TPSA) is 3.24 Å². The van der Waals surface area contributed by atoms with Gasteiger partial charge < -0.3 is 4.90 Å². The van der Waals surface area contributed by atoms with E-state index in [1.54, 1.807) is 0 Å². The summed E-state index contributed by atoms with van der Waals surface area (Å²) in [4.78, 5) is 2.42. The fourth-order valence-electron chi connectivity index (χ4n) is 5.28. The van der Waals surface area contributed by atoms with Gasteiger partial charge in [-0.15, -0.1) is 0 Å². The summed E-state index contributed by atoms with van der Waals surface area (Å²) in [6, 6.07) is 48.7. The molecule has 0 fully saturated rings. The quantitative estimate of drug-likeness (QED) is 0.283. The van der Waals surface area contributed by atoms with Crippen LogP contribution in [0.2, 0.25) is 0 Å². The highest BCUT2D eigenvalue weighted by molar-refractivity contribution is 9.10. The number of nitrogens with zero attached hydrogens (tertiary/aromatic N) is 1.